The van der Waals surface area contributed by atoms with E-state index in [2.05, 4.69) is 5.32 Å². The molecule has 4 nitrogen and oxygen atoms in total. The molecule has 124 valence electrons. The second-order valence-electron chi connectivity index (χ2n) is 6.83. The fourth-order valence-electron chi connectivity index (χ4n) is 4.19. The molecule has 23 heavy (non-hydrogen) atoms. The van der Waals surface area contributed by atoms with Gasteiger partial charge in [-0.3, -0.25) is 9.59 Å². The summed E-state index contributed by atoms with van der Waals surface area (Å²) < 4.78 is 0. The number of hydrogen-bond donors (Lipinski definition) is 1. The van der Waals surface area contributed by atoms with Crippen LogP contribution in [0, 0.1) is 17.8 Å². The minimum Gasteiger partial charge on any atom is -0.339 e. The Morgan fingerprint density at radius 1 is 1.09 bits per heavy atom. The number of carbonyl (C=O) groups excluding carboxylic acids is 2. The fourth-order valence-corrected chi connectivity index (χ4v) is 4.19. The molecule has 2 aliphatic rings. The maximum absolute atomic E-state index is 12.4. The smallest absolute Gasteiger partial charge is 0.253 e. The van der Waals surface area contributed by atoms with Crippen LogP contribution in [-0.2, 0) is 4.79 Å². The number of nitrogens with zero attached hydrogens (tertiary/aromatic N) is 1. The van der Waals surface area contributed by atoms with Crippen molar-refractivity contribution in [3.8, 4) is 0 Å². The first-order valence-electron chi connectivity index (χ1n) is 8.82. The van der Waals surface area contributed by atoms with Gasteiger partial charge in [0.1, 0.15) is 0 Å². The molecular weight excluding hydrogens is 288 g/mol. The molecule has 0 aromatic heterocycles. The summed E-state index contributed by atoms with van der Waals surface area (Å²) in [6.07, 6.45) is 4.79. The van der Waals surface area contributed by atoms with Crippen molar-refractivity contribution in [1.29, 1.82) is 0 Å². The lowest BCUT2D eigenvalue weighted by Gasteiger charge is -2.21. The molecule has 1 aromatic carbocycles. The molecule has 2 bridgehead atoms. The third kappa shape index (κ3) is 3.26. The Kier molecular flexibility index (Phi) is 4.69. The van der Waals surface area contributed by atoms with Gasteiger partial charge in [-0.1, -0.05) is 6.42 Å². The molecule has 0 unspecified atom stereocenters. The van der Waals surface area contributed by atoms with Gasteiger partial charge in [0.05, 0.1) is 0 Å². The number of anilines is 1. The van der Waals surface area contributed by atoms with Gasteiger partial charge in [0.15, 0.2) is 0 Å². The number of carbonyl (C=O) groups is 2. The molecule has 1 N–H and O–H groups in total. The van der Waals surface area contributed by atoms with Crippen molar-refractivity contribution >= 4 is 17.5 Å². The third-order valence-electron chi connectivity index (χ3n) is 5.52. The molecule has 0 saturated heterocycles. The van der Waals surface area contributed by atoms with E-state index < -0.39 is 0 Å². The van der Waals surface area contributed by atoms with Crippen molar-refractivity contribution < 1.29 is 9.59 Å². The second-order valence-corrected chi connectivity index (χ2v) is 6.83. The zero-order chi connectivity index (χ0) is 16.4. The number of hydrogen-bond acceptors (Lipinski definition) is 2. The molecule has 4 heteroatoms. The summed E-state index contributed by atoms with van der Waals surface area (Å²) in [5, 5.41) is 3.03. The molecule has 3 rings (SSSR count). The van der Waals surface area contributed by atoms with E-state index >= 15 is 0 Å². The van der Waals surface area contributed by atoms with Gasteiger partial charge in [0, 0.05) is 30.3 Å². The highest BCUT2D eigenvalue weighted by Crippen LogP contribution is 2.48. The quantitative estimate of drug-likeness (QED) is 0.903. The van der Waals surface area contributed by atoms with Gasteiger partial charge in [-0.25, -0.2) is 0 Å². The van der Waals surface area contributed by atoms with E-state index in [1.165, 1.54) is 19.3 Å². The van der Waals surface area contributed by atoms with Crippen molar-refractivity contribution in [3.05, 3.63) is 29.8 Å². The molecule has 2 saturated carbocycles. The Morgan fingerprint density at radius 2 is 1.78 bits per heavy atom. The first-order chi connectivity index (χ1) is 11.1. The summed E-state index contributed by atoms with van der Waals surface area (Å²) in [6.45, 7) is 5.37. The number of amides is 2. The van der Waals surface area contributed by atoms with E-state index in [1.54, 1.807) is 17.0 Å². The molecular formula is C19H26N2O2. The van der Waals surface area contributed by atoms with Crippen LogP contribution in [0.1, 0.15) is 49.9 Å². The van der Waals surface area contributed by atoms with Crippen molar-refractivity contribution in [3.63, 3.8) is 0 Å². The van der Waals surface area contributed by atoms with Crippen LogP contribution in [-0.4, -0.2) is 29.8 Å². The minimum atomic E-state index is 0.0426. The largest absolute Gasteiger partial charge is 0.339 e. The van der Waals surface area contributed by atoms with E-state index in [0.29, 0.717) is 24.6 Å². The van der Waals surface area contributed by atoms with Gasteiger partial charge in [0.25, 0.3) is 5.91 Å². The Balaban J connectivity index is 1.61. The maximum Gasteiger partial charge on any atom is 0.253 e. The second kappa shape index (κ2) is 6.73. The highest BCUT2D eigenvalue weighted by atomic mass is 16.2. The first kappa shape index (κ1) is 16.0. The topological polar surface area (TPSA) is 49.4 Å². The average Bonchev–Trinajstić information content (AvgIpc) is 3.19. The van der Waals surface area contributed by atoms with Crippen molar-refractivity contribution in [2.45, 2.75) is 39.5 Å². The van der Waals surface area contributed by atoms with Crippen molar-refractivity contribution in [1.82, 2.24) is 4.90 Å². The zero-order valence-electron chi connectivity index (χ0n) is 14.0. The summed E-state index contributed by atoms with van der Waals surface area (Å²) in [5.41, 5.74) is 1.46. The summed E-state index contributed by atoms with van der Waals surface area (Å²) >= 11 is 0. The Hall–Kier alpha value is -1.84. The fraction of sp³-hybridized carbons (Fsp3) is 0.579. The van der Waals surface area contributed by atoms with Crippen LogP contribution in [0.15, 0.2) is 24.3 Å². The van der Waals surface area contributed by atoms with Crippen molar-refractivity contribution in [2.75, 3.05) is 18.4 Å². The highest BCUT2D eigenvalue weighted by molar-refractivity contribution is 5.96. The lowest BCUT2D eigenvalue weighted by atomic mass is 9.88. The predicted molar refractivity (Wildman–Crippen MR) is 91.3 cm³/mol. The lowest BCUT2D eigenvalue weighted by molar-refractivity contribution is -0.121. The van der Waals surface area contributed by atoms with E-state index in [-0.39, 0.29) is 17.7 Å². The van der Waals surface area contributed by atoms with Crippen molar-refractivity contribution in [2.24, 2.45) is 17.8 Å². The van der Waals surface area contributed by atoms with Gasteiger partial charge in [-0.15, -0.1) is 0 Å². The molecule has 2 amide bonds. The molecule has 2 fully saturated rings. The van der Waals surface area contributed by atoms with Crippen LogP contribution in [0.2, 0.25) is 0 Å². The van der Waals surface area contributed by atoms with Crippen LogP contribution < -0.4 is 5.32 Å². The van der Waals surface area contributed by atoms with Crippen LogP contribution in [0.5, 0.6) is 0 Å². The standard InChI is InChI=1S/C19H26N2O2/c1-3-21(4-2)19(23)14-7-9-16(10-8-14)20-18(22)17-12-13-5-6-15(17)11-13/h7-10,13,15,17H,3-6,11-12H2,1-2H3,(H,20,22)/t13-,15-,17-/m0/s1. The monoisotopic (exact) mass is 314 g/mol. The van der Waals surface area contributed by atoms with E-state index in [4.69, 9.17) is 0 Å². The van der Waals surface area contributed by atoms with Gasteiger partial charge in [-0.2, -0.15) is 0 Å². The van der Waals surface area contributed by atoms with Gasteiger partial charge >= 0.3 is 0 Å². The van der Waals surface area contributed by atoms with E-state index in [9.17, 15) is 9.59 Å². The third-order valence-corrected chi connectivity index (χ3v) is 5.52. The summed E-state index contributed by atoms with van der Waals surface area (Å²) in [7, 11) is 0. The average molecular weight is 314 g/mol. The summed E-state index contributed by atoms with van der Waals surface area (Å²) in [4.78, 5) is 26.5. The Bertz CT molecular complexity index is 578. The van der Waals surface area contributed by atoms with Crippen LogP contribution in [0.3, 0.4) is 0 Å². The molecule has 0 spiro atoms. The Morgan fingerprint density at radius 3 is 2.30 bits per heavy atom. The number of rotatable bonds is 5. The van der Waals surface area contributed by atoms with Gasteiger partial charge < -0.3 is 10.2 Å². The lowest BCUT2D eigenvalue weighted by Crippen LogP contribution is -2.30. The first-order valence-corrected chi connectivity index (χ1v) is 8.82. The predicted octanol–water partition coefficient (Wildman–Crippen LogP) is 3.54. The molecule has 3 atom stereocenters. The number of fused-ring (bicyclic) bond motifs is 2. The molecule has 1 aromatic rings. The normalized spacial score (nSPS) is 25.4. The van der Waals surface area contributed by atoms with E-state index in [0.717, 1.165) is 18.0 Å². The number of nitrogens with one attached hydrogen (secondary N) is 1. The summed E-state index contributed by atoms with van der Waals surface area (Å²) in [5.74, 6) is 1.74. The van der Waals surface area contributed by atoms with Crippen LogP contribution in [0.25, 0.3) is 0 Å². The number of benzene rings is 1. The zero-order valence-corrected chi connectivity index (χ0v) is 14.0. The van der Waals surface area contributed by atoms with Gasteiger partial charge in [-0.05, 0) is 69.2 Å². The summed E-state index contributed by atoms with van der Waals surface area (Å²) in [6, 6.07) is 7.28. The SMILES string of the molecule is CCN(CC)C(=O)c1ccc(NC(=O)[C@H]2C[C@H]3CC[C@H]2C3)cc1. The van der Waals surface area contributed by atoms with Crippen LogP contribution in [0.4, 0.5) is 5.69 Å². The van der Waals surface area contributed by atoms with Gasteiger partial charge in [0.2, 0.25) is 5.91 Å². The molecule has 0 radical (unpaired) electrons. The molecule has 2 aliphatic carbocycles. The highest BCUT2D eigenvalue weighted by Gasteiger charge is 2.42. The maximum atomic E-state index is 12.4. The van der Waals surface area contributed by atoms with E-state index in [1.807, 2.05) is 26.0 Å². The van der Waals surface area contributed by atoms with Crippen LogP contribution >= 0.6 is 0 Å². The molecule has 0 aliphatic heterocycles. The Labute approximate surface area is 138 Å². The molecule has 0 heterocycles. The minimum absolute atomic E-state index is 0.0426.